The Morgan fingerprint density at radius 3 is 0.905 bits per heavy atom. The highest BCUT2D eigenvalue weighted by atomic mass is 16.6. The molecule has 0 radical (unpaired) electrons. The van der Waals surface area contributed by atoms with Crippen molar-refractivity contribution < 1.29 is 28.6 Å². The van der Waals surface area contributed by atoms with Crippen molar-refractivity contribution in [3.63, 3.8) is 0 Å². The average Bonchev–Trinajstić information content (AvgIpc) is 3.27. The maximum absolute atomic E-state index is 12.8. The third-order valence-electron chi connectivity index (χ3n) is 13.3. The summed E-state index contributed by atoms with van der Waals surface area (Å²) in [6, 6.07) is 0. The van der Waals surface area contributed by atoms with Gasteiger partial charge >= 0.3 is 17.9 Å². The maximum Gasteiger partial charge on any atom is 0.306 e. The fraction of sp³-hybridized carbons (Fsp3) is 0.947. The van der Waals surface area contributed by atoms with E-state index in [1.54, 1.807) is 0 Å². The fourth-order valence-electron chi connectivity index (χ4n) is 8.66. The average molecular weight is 892 g/mol. The van der Waals surface area contributed by atoms with Crippen LogP contribution in [-0.4, -0.2) is 37.2 Å². The zero-order valence-electron chi connectivity index (χ0n) is 43.2. The zero-order valence-corrected chi connectivity index (χ0v) is 43.2. The summed E-state index contributed by atoms with van der Waals surface area (Å²) in [5.41, 5.74) is 0. The second kappa shape index (κ2) is 49.8. The summed E-state index contributed by atoms with van der Waals surface area (Å²) in [4.78, 5) is 38.1. The van der Waals surface area contributed by atoms with Crippen molar-refractivity contribution in [1.82, 2.24) is 0 Å². The molecule has 0 spiro atoms. The second-order valence-electron chi connectivity index (χ2n) is 20.3. The van der Waals surface area contributed by atoms with Crippen molar-refractivity contribution in [3.05, 3.63) is 0 Å². The van der Waals surface area contributed by atoms with E-state index in [4.69, 9.17) is 14.2 Å². The Morgan fingerprint density at radius 1 is 0.333 bits per heavy atom. The molecule has 0 aromatic rings. The Bertz CT molecular complexity index is 964. The van der Waals surface area contributed by atoms with Gasteiger partial charge in [0, 0.05) is 19.3 Å². The van der Waals surface area contributed by atoms with Crippen LogP contribution in [0, 0.1) is 11.8 Å². The first-order valence-corrected chi connectivity index (χ1v) is 28.3. The van der Waals surface area contributed by atoms with Gasteiger partial charge < -0.3 is 14.2 Å². The molecule has 6 nitrogen and oxygen atoms in total. The zero-order chi connectivity index (χ0) is 46.1. The lowest BCUT2D eigenvalue weighted by molar-refractivity contribution is -0.167. The molecular formula is C57H110O6. The molecule has 0 amide bonds. The quantitative estimate of drug-likeness (QED) is 0.0344. The lowest BCUT2D eigenvalue weighted by atomic mass is 9.99. The topological polar surface area (TPSA) is 78.9 Å². The monoisotopic (exact) mass is 891 g/mol. The molecule has 6 heteroatoms. The van der Waals surface area contributed by atoms with E-state index < -0.39 is 6.10 Å². The number of hydrogen-bond donors (Lipinski definition) is 0. The predicted octanol–water partition coefficient (Wildman–Crippen LogP) is 18.5. The Morgan fingerprint density at radius 2 is 0.603 bits per heavy atom. The molecule has 374 valence electrons. The predicted molar refractivity (Wildman–Crippen MR) is 270 cm³/mol. The molecule has 0 rings (SSSR count). The number of carbonyl (C=O) groups is 3. The molecule has 2 atom stereocenters. The Labute approximate surface area is 393 Å². The van der Waals surface area contributed by atoms with Gasteiger partial charge in [-0.05, 0) is 31.1 Å². The van der Waals surface area contributed by atoms with Gasteiger partial charge in [-0.3, -0.25) is 14.4 Å². The fourth-order valence-corrected chi connectivity index (χ4v) is 8.66. The molecule has 63 heavy (non-hydrogen) atoms. The van der Waals surface area contributed by atoms with Crippen molar-refractivity contribution in [3.8, 4) is 0 Å². The summed E-state index contributed by atoms with van der Waals surface area (Å²) < 4.78 is 16.9. The normalized spacial score (nSPS) is 12.5. The van der Waals surface area contributed by atoms with Gasteiger partial charge in [-0.15, -0.1) is 0 Å². The second-order valence-corrected chi connectivity index (χ2v) is 20.3. The van der Waals surface area contributed by atoms with Crippen LogP contribution in [0.15, 0.2) is 0 Å². The van der Waals surface area contributed by atoms with Crippen molar-refractivity contribution in [2.24, 2.45) is 11.8 Å². The smallest absolute Gasteiger partial charge is 0.306 e. The van der Waals surface area contributed by atoms with Gasteiger partial charge in [0.2, 0.25) is 0 Å². The van der Waals surface area contributed by atoms with Crippen molar-refractivity contribution in [2.45, 2.75) is 323 Å². The Balaban J connectivity index is 4.27. The SMILES string of the molecule is CCCCCCCCCCCCCCCCCCCCC(=O)OC[C@@H](COC(=O)CCCCCCCCCCCCCCC(C)C)OC(=O)CCCCCCCCCCC(C)CC. The first-order chi connectivity index (χ1) is 30.8. The molecule has 0 fully saturated rings. The van der Waals surface area contributed by atoms with Crippen LogP contribution in [0.2, 0.25) is 0 Å². The van der Waals surface area contributed by atoms with Gasteiger partial charge in [-0.25, -0.2) is 0 Å². The van der Waals surface area contributed by atoms with Crippen molar-refractivity contribution in [2.75, 3.05) is 13.2 Å². The molecule has 1 unspecified atom stereocenters. The van der Waals surface area contributed by atoms with E-state index in [0.29, 0.717) is 19.3 Å². The van der Waals surface area contributed by atoms with Crippen LogP contribution >= 0.6 is 0 Å². The van der Waals surface area contributed by atoms with Gasteiger partial charge in [-0.1, -0.05) is 279 Å². The summed E-state index contributed by atoms with van der Waals surface area (Å²) >= 11 is 0. The van der Waals surface area contributed by atoms with Crippen molar-refractivity contribution in [1.29, 1.82) is 0 Å². The molecule has 0 bridgehead atoms. The van der Waals surface area contributed by atoms with Gasteiger partial charge in [-0.2, -0.15) is 0 Å². The van der Waals surface area contributed by atoms with Gasteiger partial charge in [0.15, 0.2) is 6.10 Å². The van der Waals surface area contributed by atoms with Gasteiger partial charge in [0.25, 0.3) is 0 Å². The lowest BCUT2D eigenvalue weighted by Gasteiger charge is -2.18. The van der Waals surface area contributed by atoms with Gasteiger partial charge in [0.05, 0.1) is 0 Å². The third kappa shape index (κ3) is 49.7. The van der Waals surface area contributed by atoms with Crippen LogP contribution < -0.4 is 0 Å². The van der Waals surface area contributed by atoms with E-state index in [0.717, 1.165) is 69.6 Å². The minimum atomic E-state index is -0.763. The first kappa shape index (κ1) is 61.4. The molecule has 0 aromatic carbocycles. The van der Waals surface area contributed by atoms with Crippen LogP contribution in [0.25, 0.3) is 0 Å². The minimum Gasteiger partial charge on any atom is -0.462 e. The van der Waals surface area contributed by atoms with Crippen LogP contribution in [-0.2, 0) is 28.6 Å². The van der Waals surface area contributed by atoms with E-state index in [9.17, 15) is 14.4 Å². The van der Waals surface area contributed by atoms with Crippen LogP contribution in [0.3, 0.4) is 0 Å². The number of rotatable bonds is 51. The molecule has 0 aliphatic rings. The van der Waals surface area contributed by atoms with E-state index >= 15 is 0 Å². The Kier molecular flexibility index (Phi) is 48.6. The van der Waals surface area contributed by atoms with E-state index in [-0.39, 0.29) is 31.1 Å². The van der Waals surface area contributed by atoms with Gasteiger partial charge in [0.1, 0.15) is 13.2 Å². The molecular weight excluding hydrogens is 781 g/mol. The molecule has 0 saturated carbocycles. The standard InChI is InChI=1S/C57H110O6/c1-6-8-9-10-11-12-13-14-15-16-17-18-19-23-26-32-37-42-47-55(58)61-50-54(63-57(60)49-44-39-34-29-28-31-36-41-46-53(5)7-2)51-62-56(59)48-43-38-33-27-24-21-20-22-25-30-35-40-45-52(3)4/h52-54H,6-51H2,1-5H3/t53?,54-/m0/s1. The minimum absolute atomic E-state index is 0.0634. The molecule has 0 N–H and O–H groups in total. The highest BCUT2D eigenvalue weighted by Gasteiger charge is 2.19. The summed E-state index contributed by atoms with van der Waals surface area (Å²) in [5, 5.41) is 0. The number of unbranched alkanes of at least 4 members (excludes halogenated alkanes) is 35. The summed E-state index contributed by atoms with van der Waals surface area (Å²) in [5.74, 6) is 0.835. The maximum atomic E-state index is 12.8. The molecule has 0 heterocycles. The number of carbonyl (C=O) groups excluding carboxylic acids is 3. The van der Waals surface area contributed by atoms with E-state index in [1.165, 1.54) is 205 Å². The lowest BCUT2D eigenvalue weighted by Crippen LogP contribution is -2.30. The van der Waals surface area contributed by atoms with Crippen molar-refractivity contribution >= 4 is 17.9 Å². The van der Waals surface area contributed by atoms with E-state index in [1.807, 2.05) is 0 Å². The summed E-state index contributed by atoms with van der Waals surface area (Å²) in [6.45, 7) is 11.4. The summed E-state index contributed by atoms with van der Waals surface area (Å²) in [7, 11) is 0. The molecule has 0 aliphatic heterocycles. The Hall–Kier alpha value is -1.59. The first-order valence-electron chi connectivity index (χ1n) is 28.3. The largest absolute Gasteiger partial charge is 0.462 e. The number of hydrogen-bond acceptors (Lipinski definition) is 6. The third-order valence-corrected chi connectivity index (χ3v) is 13.3. The van der Waals surface area contributed by atoms with E-state index in [2.05, 4.69) is 34.6 Å². The van der Waals surface area contributed by atoms with Crippen LogP contribution in [0.1, 0.15) is 317 Å². The van der Waals surface area contributed by atoms with Crippen LogP contribution in [0.5, 0.6) is 0 Å². The highest BCUT2D eigenvalue weighted by Crippen LogP contribution is 2.18. The number of ether oxygens (including phenoxy) is 3. The van der Waals surface area contributed by atoms with Crippen LogP contribution in [0.4, 0.5) is 0 Å². The summed E-state index contributed by atoms with van der Waals surface area (Å²) in [6.07, 6.45) is 52.3. The molecule has 0 aromatic heterocycles. The number of esters is 3. The molecule has 0 saturated heterocycles. The molecule has 0 aliphatic carbocycles. The highest BCUT2D eigenvalue weighted by molar-refractivity contribution is 5.71.